The minimum atomic E-state index is -5.22. The first-order valence-electron chi connectivity index (χ1n) is 5.05. The highest BCUT2D eigenvalue weighted by molar-refractivity contribution is 5.75. The third-order valence-corrected chi connectivity index (χ3v) is 2.53. The fourth-order valence-corrected chi connectivity index (χ4v) is 1.68. The molecule has 0 aromatic heterocycles. The van der Waals surface area contributed by atoms with Crippen LogP contribution in [-0.4, -0.2) is 16.2 Å². The zero-order chi connectivity index (χ0) is 15.9. The molecule has 1 aromatic carbocycles. The summed E-state index contributed by atoms with van der Waals surface area (Å²) in [7, 11) is 0. The Kier molecular flexibility index (Phi) is 4.04. The van der Waals surface area contributed by atoms with Crippen LogP contribution in [0.25, 0.3) is 0 Å². The van der Waals surface area contributed by atoms with Crippen LogP contribution in [0, 0.1) is 6.92 Å². The number of aliphatic hydroxyl groups is 1. The molecule has 3 nitrogen and oxygen atoms in total. The summed E-state index contributed by atoms with van der Waals surface area (Å²) in [4.78, 5) is 10.6. The van der Waals surface area contributed by atoms with Gasteiger partial charge in [0.2, 0.25) is 0 Å². The van der Waals surface area contributed by atoms with Gasteiger partial charge in [-0.05, 0) is 24.6 Å². The minimum absolute atomic E-state index is 0.214. The number of halogens is 6. The molecule has 0 aliphatic carbocycles. The minimum Gasteiger partial charge on any atom is -0.479 e. The van der Waals surface area contributed by atoms with Crippen molar-refractivity contribution in [3.63, 3.8) is 0 Å². The van der Waals surface area contributed by atoms with Crippen LogP contribution in [0.4, 0.5) is 26.3 Å². The van der Waals surface area contributed by atoms with Gasteiger partial charge in [0.25, 0.3) is 0 Å². The largest absolute Gasteiger partial charge is 0.479 e. The van der Waals surface area contributed by atoms with E-state index in [0.29, 0.717) is 6.07 Å². The van der Waals surface area contributed by atoms with Crippen molar-refractivity contribution < 1.29 is 41.4 Å². The third kappa shape index (κ3) is 3.21. The van der Waals surface area contributed by atoms with Gasteiger partial charge in [0.1, 0.15) is 0 Å². The second kappa shape index (κ2) is 4.97. The number of carbonyl (C=O) groups is 1. The van der Waals surface area contributed by atoms with Crippen LogP contribution in [0.15, 0.2) is 12.1 Å². The third-order valence-electron chi connectivity index (χ3n) is 2.53. The van der Waals surface area contributed by atoms with Gasteiger partial charge < -0.3 is 10.2 Å². The molecule has 1 atom stereocenters. The molecule has 0 radical (unpaired) electrons. The van der Waals surface area contributed by atoms with Crippen LogP contribution in [0.1, 0.15) is 28.4 Å². The van der Waals surface area contributed by atoms with Crippen LogP contribution in [0.5, 0.6) is 0 Å². The highest BCUT2D eigenvalue weighted by atomic mass is 19.4. The Bertz CT molecular complexity index is 532. The predicted octanol–water partition coefficient (Wildman–Crippen LogP) is 3.15. The van der Waals surface area contributed by atoms with Gasteiger partial charge in [-0.15, -0.1) is 0 Å². The number of aliphatic hydroxyl groups excluding tert-OH is 1. The fourth-order valence-electron chi connectivity index (χ4n) is 1.68. The summed E-state index contributed by atoms with van der Waals surface area (Å²) in [6.45, 7) is 0.867. The monoisotopic (exact) mass is 302 g/mol. The van der Waals surface area contributed by atoms with Crippen LogP contribution < -0.4 is 0 Å². The van der Waals surface area contributed by atoms with Crippen molar-refractivity contribution in [2.45, 2.75) is 25.4 Å². The van der Waals surface area contributed by atoms with Crippen LogP contribution in [0.2, 0.25) is 0 Å². The number of carboxylic acid groups (broad SMARTS) is 1. The fraction of sp³-hybridized carbons (Fsp3) is 0.364. The van der Waals surface area contributed by atoms with Gasteiger partial charge in [-0.25, -0.2) is 4.79 Å². The molecule has 2 N–H and O–H groups in total. The quantitative estimate of drug-likeness (QED) is 0.825. The highest BCUT2D eigenvalue weighted by Crippen LogP contribution is 2.40. The summed E-state index contributed by atoms with van der Waals surface area (Å²) in [5.74, 6) is -1.99. The number of aliphatic carboxylic acids is 1. The number of carboxylic acids is 1. The van der Waals surface area contributed by atoms with Gasteiger partial charge in [0.15, 0.2) is 6.10 Å². The molecule has 112 valence electrons. The Morgan fingerprint density at radius 2 is 1.60 bits per heavy atom. The molecule has 0 bridgehead atoms. The maximum absolute atomic E-state index is 12.7. The molecule has 0 saturated heterocycles. The molecule has 0 aliphatic rings. The highest BCUT2D eigenvalue weighted by Gasteiger charge is 2.41. The standard InChI is InChI=1S/C11H8F6O3/c1-4-2-5(10(12,13)14)3-6(11(15,16)17)7(4)8(18)9(19)20/h2-3,8,18H,1H3,(H,19,20). The molecule has 9 heteroatoms. The van der Waals surface area contributed by atoms with Crippen molar-refractivity contribution in [3.8, 4) is 0 Å². The number of rotatable bonds is 2. The van der Waals surface area contributed by atoms with Crippen molar-refractivity contribution in [2.24, 2.45) is 0 Å². The molecule has 0 spiro atoms. The summed E-state index contributed by atoms with van der Waals surface area (Å²) >= 11 is 0. The van der Waals surface area contributed by atoms with Crippen molar-refractivity contribution >= 4 is 5.97 Å². The van der Waals surface area contributed by atoms with Gasteiger partial charge in [-0.1, -0.05) is 0 Å². The van der Waals surface area contributed by atoms with E-state index in [1.807, 2.05) is 0 Å². The van der Waals surface area contributed by atoms with E-state index in [0.717, 1.165) is 6.92 Å². The number of alkyl halides is 6. The van der Waals surface area contributed by atoms with Gasteiger partial charge >= 0.3 is 18.3 Å². The zero-order valence-electron chi connectivity index (χ0n) is 9.80. The molecule has 1 rings (SSSR count). The van der Waals surface area contributed by atoms with Gasteiger partial charge in [-0.2, -0.15) is 26.3 Å². The lowest BCUT2D eigenvalue weighted by Crippen LogP contribution is -2.20. The maximum atomic E-state index is 12.7. The lowest BCUT2D eigenvalue weighted by Gasteiger charge is -2.20. The molecule has 1 aromatic rings. The van der Waals surface area contributed by atoms with Crippen LogP contribution in [-0.2, 0) is 17.1 Å². The Morgan fingerprint density at radius 3 is 1.95 bits per heavy atom. The van der Waals surface area contributed by atoms with E-state index in [2.05, 4.69) is 0 Å². The summed E-state index contributed by atoms with van der Waals surface area (Å²) in [5.41, 5.74) is -5.09. The van der Waals surface area contributed by atoms with E-state index in [1.165, 1.54) is 0 Å². The molecule has 0 amide bonds. The second-order valence-corrected chi connectivity index (χ2v) is 3.99. The van der Waals surface area contributed by atoms with Gasteiger partial charge in [-0.3, -0.25) is 0 Å². The molecule has 0 saturated carbocycles. The summed E-state index contributed by atoms with van der Waals surface area (Å²) in [5, 5.41) is 17.8. The Hall–Kier alpha value is -1.77. The normalized spacial score (nSPS) is 14.2. The van der Waals surface area contributed by atoms with E-state index in [-0.39, 0.29) is 6.07 Å². The van der Waals surface area contributed by atoms with E-state index in [4.69, 9.17) is 5.11 Å². The number of aryl methyl sites for hydroxylation is 1. The molecule has 20 heavy (non-hydrogen) atoms. The number of hydrogen-bond acceptors (Lipinski definition) is 2. The summed E-state index contributed by atoms with van der Waals surface area (Å²) in [6.07, 6.45) is -12.8. The van der Waals surface area contributed by atoms with E-state index < -0.39 is 46.7 Å². The topological polar surface area (TPSA) is 57.5 Å². The SMILES string of the molecule is Cc1cc(C(F)(F)F)cc(C(F)(F)F)c1C(O)C(=O)O. The first-order chi connectivity index (χ1) is 8.85. The average molecular weight is 302 g/mol. The van der Waals surface area contributed by atoms with E-state index in [9.17, 15) is 36.2 Å². The second-order valence-electron chi connectivity index (χ2n) is 3.99. The maximum Gasteiger partial charge on any atom is 0.416 e. The van der Waals surface area contributed by atoms with Crippen molar-refractivity contribution in [2.75, 3.05) is 0 Å². The van der Waals surface area contributed by atoms with Gasteiger partial charge in [0.05, 0.1) is 11.1 Å². The Morgan fingerprint density at radius 1 is 1.10 bits per heavy atom. The van der Waals surface area contributed by atoms with E-state index in [1.54, 1.807) is 0 Å². The molecule has 0 aliphatic heterocycles. The molecular weight excluding hydrogens is 294 g/mol. The number of benzene rings is 1. The van der Waals surface area contributed by atoms with Crippen LogP contribution >= 0.6 is 0 Å². The zero-order valence-corrected chi connectivity index (χ0v) is 9.80. The average Bonchev–Trinajstić information content (AvgIpc) is 2.24. The molecule has 1 unspecified atom stereocenters. The Balaban J connectivity index is 3.64. The van der Waals surface area contributed by atoms with Crippen molar-refractivity contribution in [1.82, 2.24) is 0 Å². The van der Waals surface area contributed by atoms with Crippen molar-refractivity contribution in [3.05, 3.63) is 34.4 Å². The van der Waals surface area contributed by atoms with E-state index >= 15 is 0 Å². The first-order valence-corrected chi connectivity index (χ1v) is 5.05. The molecule has 0 heterocycles. The number of hydrogen-bond donors (Lipinski definition) is 2. The predicted molar refractivity (Wildman–Crippen MR) is 53.8 cm³/mol. The Labute approximate surface area is 108 Å². The van der Waals surface area contributed by atoms with Crippen LogP contribution in [0.3, 0.4) is 0 Å². The molecule has 0 fully saturated rings. The summed E-state index contributed by atoms with van der Waals surface area (Å²) < 4.78 is 75.7. The lowest BCUT2D eigenvalue weighted by atomic mass is 9.93. The van der Waals surface area contributed by atoms with Gasteiger partial charge in [0, 0.05) is 5.56 Å². The lowest BCUT2D eigenvalue weighted by molar-refractivity contribution is -0.149. The summed E-state index contributed by atoms with van der Waals surface area (Å²) in [6, 6.07) is 0.144. The molecular formula is C11H8F6O3. The first kappa shape index (κ1) is 16.3. The van der Waals surface area contributed by atoms with Crippen molar-refractivity contribution in [1.29, 1.82) is 0 Å². The smallest absolute Gasteiger partial charge is 0.416 e.